The van der Waals surface area contributed by atoms with Gasteiger partial charge in [-0.25, -0.2) is 4.79 Å². The molecule has 0 bridgehead atoms. The number of amides is 1. The normalized spacial score (nSPS) is 15.7. The third kappa shape index (κ3) is 4.80. The van der Waals surface area contributed by atoms with E-state index in [4.69, 9.17) is 18.9 Å². The van der Waals surface area contributed by atoms with Crippen molar-refractivity contribution >= 4 is 17.6 Å². The van der Waals surface area contributed by atoms with Crippen molar-refractivity contribution in [2.24, 2.45) is 0 Å². The van der Waals surface area contributed by atoms with Gasteiger partial charge in [0.1, 0.15) is 18.1 Å². The molecule has 1 fully saturated rings. The van der Waals surface area contributed by atoms with Gasteiger partial charge in [-0.15, -0.1) is 0 Å². The average Bonchev–Trinajstić information content (AvgIpc) is 3.26. The summed E-state index contributed by atoms with van der Waals surface area (Å²) in [7, 11) is 2.78. The lowest BCUT2D eigenvalue weighted by molar-refractivity contribution is 0.0601. The number of methoxy groups -OCH3 is 2. The first-order valence-corrected chi connectivity index (χ1v) is 9.03. The van der Waals surface area contributed by atoms with Crippen molar-refractivity contribution in [1.29, 1.82) is 0 Å². The fourth-order valence-electron chi connectivity index (χ4n) is 2.90. The van der Waals surface area contributed by atoms with Gasteiger partial charge < -0.3 is 24.3 Å². The summed E-state index contributed by atoms with van der Waals surface area (Å²) in [6.45, 7) is 1.28. The highest BCUT2D eigenvalue weighted by Gasteiger charge is 2.17. The Morgan fingerprint density at radius 2 is 1.86 bits per heavy atom. The van der Waals surface area contributed by atoms with E-state index in [1.807, 2.05) is 0 Å². The molecule has 148 valence electrons. The third-order valence-corrected chi connectivity index (χ3v) is 4.46. The van der Waals surface area contributed by atoms with Gasteiger partial charge in [0.05, 0.1) is 31.6 Å². The van der Waals surface area contributed by atoms with Crippen molar-refractivity contribution in [3.8, 4) is 11.5 Å². The molecule has 1 N–H and O–H groups in total. The van der Waals surface area contributed by atoms with Crippen molar-refractivity contribution in [2.75, 3.05) is 32.8 Å². The maximum absolute atomic E-state index is 12.6. The van der Waals surface area contributed by atoms with E-state index in [0.717, 1.165) is 19.4 Å². The minimum absolute atomic E-state index is 0.134. The third-order valence-electron chi connectivity index (χ3n) is 4.46. The molecule has 1 unspecified atom stereocenters. The van der Waals surface area contributed by atoms with Gasteiger partial charge in [-0.1, -0.05) is 0 Å². The van der Waals surface area contributed by atoms with Crippen LogP contribution < -0.4 is 14.8 Å². The summed E-state index contributed by atoms with van der Waals surface area (Å²) >= 11 is 0. The van der Waals surface area contributed by atoms with Gasteiger partial charge >= 0.3 is 5.97 Å². The number of hydrogen-bond donors (Lipinski definition) is 1. The highest BCUT2D eigenvalue weighted by atomic mass is 16.5. The number of nitrogens with one attached hydrogen (secondary N) is 1. The van der Waals surface area contributed by atoms with Crippen LogP contribution in [-0.2, 0) is 9.47 Å². The lowest BCUT2D eigenvalue weighted by Gasteiger charge is -2.13. The number of ether oxygens (including phenoxy) is 4. The molecule has 0 aromatic heterocycles. The molecule has 7 heteroatoms. The minimum Gasteiger partial charge on any atom is -0.497 e. The van der Waals surface area contributed by atoms with Crippen LogP contribution in [0.5, 0.6) is 11.5 Å². The van der Waals surface area contributed by atoms with Crippen LogP contribution in [0.25, 0.3) is 0 Å². The zero-order valence-electron chi connectivity index (χ0n) is 15.9. The molecule has 2 aromatic rings. The molecule has 2 aromatic carbocycles. The summed E-state index contributed by atoms with van der Waals surface area (Å²) in [6.07, 6.45) is 2.20. The molecular formula is C21H23NO6. The van der Waals surface area contributed by atoms with Crippen LogP contribution in [0, 0.1) is 0 Å². The first-order chi connectivity index (χ1) is 13.6. The lowest BCUT2D eigenvalue weighted by atomic mass is 10.1. The van der Waals surface area contributed by atoms with Gasteiger partial charge in [0.15, 0.2) is 0 Å². The number of carbonyl (C=O) groups excluding carboxylic acids is 2. The fraction of sp³-hybridized carbons (Fsp3) is 0.333. The Kier molecular flexibility index (Phi) is 6.49. The molecule has 0 radical (unpaired) electrons. The first kappa shape index (κ1) is 19.7. The predicted molar refractivity (Wildman–Crippen MR) is 103 cm³/mol. The smallest absolute Gasteiger partial charge is 0.340 e. The van der Waals surface area contributed by atoms with Gasteiger partial charge in [0, 0.05) is 12.2 Å². The summed E-state index contributed by atoms with van der Waals surface area (Å²) in [5.74, 6) is 0.256. The summed E-state index contributed by atoms with van der Waals surface area (Å²) < 4.78 is 21.1. The SMILES string of the molecule is COC(=O)c1cc(OC)ccc1NC(=O)c1ccc(OCC2CCCO2)cc1. The second-order valence-electron chi connectivity index (χ2n) is 6.33. The highest BCUT2D eigenvalue weighted by molar-refractivity contribution is 6.08. The molecular weight excluding hydrogens is 362 g/mol. The standard InChI is InChI=1S/C21H23NO6/c1-25-16-9-10-19(18(12-16)21(24)26-2)22-20(23)14-5-7-15(8-6-14)28-13-17-4-3-11-27-17/h5-10,12,17H,3-4,11,13H2,1-2H3,(H,22,23). The van der Waals surface area contributed by atoms with E-state index < -0.39 is 5.97 Å². The predicted octanol–water partition coefficient (Wildman–Crippen LogP) is 3.29. The van der Waals surface area contributed by atoms with Crippen molar-refractivity contribution in [3.05, 3.63) is 53.6 Å². The molecule has 3 rings (SSSR count). The Morgan fingerprint density at radius 1 is 1.11 bits per heavy atom. The van der Waals surface area contributed by atoms with Gasteiger partial charge in [0.25, 0.3) is 5.91 Å². The molecule has 0 aliphatic carbocycles. The van der Waals surface area contributed by atoms with Gasteiger partial charge in [-0.2, -0.15) is 0 Å². The molecule has 0 saturated carbocycles. The largest absolute Gasteiger partial charge is 0.497 e. The average molecular weight is 385 g/mol. The molecule has 28 heavy (non-hydrogen) atoms. The van der Waals surface area contributed by atoms with Crippen molar-refractivity contribution < 1.29 is 28.5 Å². The Hall–Kier alpha value is -3.06. The Labute approximate surface area is 163 Å². The van der Waals surface area contributed by atoms with E-state index in [9.17, 15) is 9.59 Å². The highest BCUT2D eigenvalue weighted by Crippen LogP contribution is 2.24. The van der Waals surface area contributed by atoms with Gasteiger partial charge in [-0.05, 0) is 55.3 Å². The van der Waals surface area contributed by atoms with Crippen LogP contribution in [0.15, 0.2) is 42.5 Å². The summed E-state index contributed by atoms with van der Waals surface area (Å²) in [5.41, 5.74) is 0.999. The topological polar surface area (TPSA) is 83.1 Å². The van der Waals surface area contributed by atoms with Crippen LogP contribution in [0.3, 0.4) is 0 Å². The van der Waals surface area contributed by atoms with Crippen molar-refractivity contribution in [2.45, 2.75) is 18.9 Å². The zero-order valence-corrected chi connectivity index (χ0v) is 15.9. The maximum atomic E-state index is 12.6. The molecule has 1 heterocycles. The summed E-state index contributed by atoms with van der Waals surface area (Å²) in [6, 6.07) is 11.6. The Balaban J connectivity index is 1.66. The summed E-state index contributed by atoms with van der Waals surface area (Å²) in [4.78, 5) is 24.5. The molecule has 7 nitrogen and oxygen atoms in total. The van der Waals surface area contributed by atoms with Crippen molar-refractivity contribution in [3.63, 3.8) is 0 Å². The minimum atomic E-state index is -0.563. The first-order valence-electron chi connectivity index (χ1n) is 9.03. The zero-order chi connectivity index (χ0) is 19.9. The van der Waals surface area contributed by atoms with Crippen LogP contribution >= 0.6 is 0 Å². The number of carbonyl (C=O) groups is 2. The van der Waals surface area contributed by atoms with Crippen LogP contribution in [0.2, 0.25) is 0 Å². The molecule has 1 amide bonds. The van der Waals surface area contributed by atoms with Gasteiger partial charge in [0.2, 0.25) is 0 Å². The lowest BCUT2D eigenvalue weighted by Crippen LogP contribution is -2.17. The monoisotopic (exact) mass is 385 g/mol. The molecule has 1 aliphatic heterocycles. The number of rotatable bonds is 7. The number of anilines is 1. The van der Waals surface area contributed by atoms with Crippen LogP contribution in [0.1, 0.15) is 33.6 Å². The van der Waals surface area contributed by atoms with E-state index in [1.54, 1.807) is 36.4 Å². The van der Waals surface area contributed by atoms with Crippen LogP contribution in [0.4, 0.5) is 5.69 Å². The fourth-order valence-corrected chi connectivity index (χ4v) is 2.90. The van der Waals surface area contributed by atoms with Gasteiger partial charge in [-0.3, -0.25) is 4.79 Å². The van der Waals surface area contributed by atoms with E-state index in [1.165, 1.54) is 20.3 Å². The Bertz CT molecular complexity index is 827. The maximum Gasteiger partial charge on any atom is 0.340 e. The van der Waals surface area contributed by atoms with Crippen molar-refractivity contribution in [1.82, 2.24) is 0 Å². The van der Waals surface area contributed by atoms with E-state index in [0.29, 0.717) is 29.4 Å². The van der Waals surface area contributed by atoms with E-state index >= 15 is 0 Å². The number of hydrogen-bond acceptors (Lipinski definition) is 6. The van der Waals surface area contributed by atoms with E-state index in [-0.39, 0.29) is 17.6 Å². The Morgan fingerprint density at radius 3 is 2.50 bits per heavy atom. The summed E-state index contributed by atoms with van der Waals surface area (Å²) in [5, 5.41) is 2.73. The van der Waals surface area contributed by atoms with Crippen LogP contribution in [-0.4, -0.2) is 45.4 Å². The number of benzene rings is 2. The quantitative estimate of drug-likeness (QED) is 0.737. The second-order valence-corrected chi connectivity index (χ2v) is 6.33. The van der Waals surface area contributed by atoms with E-state index in [2.05, 4.69) is 5.32 Å². The number of esters is 1. The molecule has 1 aliphatic rings. The molecule has 1 saturated heterocycles. The molecule has 1 atom stereocenters. The second kappa shape index (κ2) is 9.23. The molecule has 0 spiro atoms.